The van der Waals surface area contributed by atoms with Crippen LogP contribution in [0.15, 0.2) is 30.5 Å². The van der Waals surface area contributed by atoms with Crippen LogP contribution in [-0.2, 0) is 25.6 Å². The number of para-hydroxylation sites is 1. The van der Waals surface area contributed by atoms with Gasteiger partial charge in [0.25, 0.3) is 0 Å². The highest BCUT2D eigenvalue weighted by Gasteiger charge is 2.33. The third-order valence-electron chi connectivity index (χ3n) is 6.05. The molecule has 11 nitrogen and oxygen atoms in total. The first-order valence-electron chi connectivity index (χ1n) is 12.0. The van der Waals surface area contributed by atoms with Crippen LogP contribution in [0.25, 0.3) is 10.9 Å². The highest BCUT2D eigenvalue weighted by Crippen LogP contribution is 2.19. The number of carbonyl (C=O) groups excluding carboxylic acids is 3. The van der Waals surface area contributed by atoms with Crippen LogP contribution in [0.4, 0.5) is 0 Å². The van der Waals surface area contributed by atoms with Gasteiger partial charge in [-0.2, -0.15) is 0 Å². The summed E-state index contributed by atoms with van der Waals surface area (Å²) in [5.74, 6) is -3.93. The van der Waals surface area contributed by atoms with Gasteiger partial charge in [-0.25, -0.2) is 4.79 Å². The minimum atomic E-state index is -1.37. The number of aliphatic hydroxyl groups excluding tert-OH is 1. The number of carbonyl (C=O) groups is 4. The monoisotopic (exact) mass is 503 g/mol. The van der Waals surface area contributed by atoms with Crippen LogP contribution < -0.4 is 21.7 Å². The van der Waals surface area contributed by atoms with Crippen LogP contribution in [0.3, 0.4) is 0 Å². The number of carboxylic acids is 1. The predicted octanol–water partition coefficient (Wildman–Crippen LogP) is 0.270. The van der Waals surface area contributed by atoms with Crippen molar-refractivity contribution in [1.29, 1.82) is 0 Å². The van der Waals surface area contributed by atoms with E-state index in [2.05, 4.69) is 20.9 Å². The third-order valence-corrected chi connectivity index (χ3v) is 6.05. The Kier molecular flexibility index (Phi) is 10.00. The average molecular weight is 504 g/mol. The summed E-state index contributed by atoms with van der Waals surface area (Å²) in [7, 11) is 0. The van der Waals surface area contributed by atoms with Crippen molar-refractivity contribution in [3.05, 3.63) is 36.0 Å². The average Bonchev–Trinajstić information content (AvgIpc) is 3.21. The number of amides is 3. The van der Waals surface area contributed by atoms with Crippen molar-refractivity contribution < 1.29 is 29.4 Å². The van der Waals surface area contributed by atoms with Crippen molar-refractivity contribution in [2.75, 3.05) is 0 Å². The molecule has 2 aromatic rings. The van der Waals surface area contributed by atoms with Gasteiger partial charge in [0.1, 0.15) is 18.1 Å². The Bertz CT molecular complexity index is 1080. The van der Waals surface area contributed by atoms with Crippen molar-refractivity contribution in [2.24, 2.45) is 17.6 Å². The SMILES string of the molecule is CC(C)C(N)C(=O)NC(C(=O)NC(Cc1c[nH]c2ccccc12)C(=O)NC(C(=O)O)C(C)C)C(C)O. The van der Waals surface area contributed by atoms with E-state index in [0.29, 0.717) is 0 Å². The summed E-state index contributed by atoms with van der Waals surface area (Å²) in [6.45, 7) is 8.14. The van der Waals surface area contributed by atoms with Crippen molar-refractivity contribution in [1.82, 2.24) is 20.9 Å². The number of hydrogen-bond donors (Lipinski definition) is 7. The second kappa shape index (κ2) is 12.5. The Morgan fingerprint density at radius 2 is 1.50 bits per heavy atom. The number of nitrogens with two attached hydrogens (primary N) is 1. The number of aromatic amines is 1. The molecule has 5 atom stereocenters. The summed E-state index contributed by atoms with van der Waals surface area (Å²) >= 11 is 0. The van der Waals surface area contributed by atoms with E-state index >= 15 is 0 Å². The quantitative estimate of drug-likeness (QED) is 0.216. The number of aliphatic carboxylic acids is 1. The second-order valence-electron chi connectivity index (χ2n) is 9.69. The maximum absolute atomic E-state index is 13.2. The summed E-state index contributed by atoms with van der Waals surface area (Å²) < 4.78 is 0. The molecule has 1 aromatic heterocycles. The number of hydrogen-bond acceptors (Lipinski definition) is 6. The summed E-state index contributed by atoms with van der Waals surface area (Å²) in [6, 6.07) is 2.79. The molecular weight excluding hydrogens is 466 g/mol. The molecular formula is C25H37N5O6. The van der Waals surface area contributed by atoms with E-state index in [1.54, 1.807) is 33.9 Å². The van der Waals surface area contributed by atoms with Gasteiger partial charge in [-0.3, -0.25) is 14.4 Å². The van der Waals surface area contributed by atoms with Gasteiger partial charge >= 0.3 is 5.97 Å². The lowest BCUT2D eigenvalue weighted by Gasteiger charge is -2.27. The van der Waals surface area contributed by atoms with E-state index < -0.39 is 59.9 Å². The second-order valence-corrected chi connectivity index (χ2v) is 9.69. The Balaban J connectivity index is 2.32. The molecule has 1 heterocycles. The molecule has 0 spiro atoms. The maximum Gasteiger partial charge on any atom is 0.326 e. The zero-order valence-corrected chi connectivity index (χ0v) is 21.2. The maximum atomic E-state index is 13.2. The third kappa shape index (κ3) is 7.28. The smallest absolute Gasteiger partial charge is 0.326 e. The molecule has 11 heteroatoms. The lowest BCUT2D eigenvalue weighted by molar-refractivity contribution is -0.143. The number of aromatic nitrogens is 1. The van der Waals surface area contributed by atoms with E-state index in [9.17, 15) is 29.4 Å². The first-order valence-corrected chi connectivity index (χ1v) is 12.0. The van der Waals surface area contributed by atoms with E-state index in [1.165, 1.54) is 6.92 Å². The van der Waals surface area contributed by atoms with Gasteiger partial charge in [0.15, 0.2) is 0 Å². The van der Waals surface area contributed by atoms with Crippen LogP contribution in [0.1, 0.15) is 40.2 Å². The number of fused-ring (bicyclic) bond motifs is 1. The normalized spacial score (nSPS) is 15.7. The molecule has 0 aliphatic heterocycles. The van der Waals surface area contributed by atoms with Gasteiger partial charge in [0.05, 0.1) is 12.1 Å². The molecule has 0 saturated carbocycles. The fraction of sp³-hybridized carbons (Fsp3) is 0.520. The van der Waals surface area contributed by atoms with E-state index in [4.69, 9.17) is 5.73 Å². The Morgan fingerprint density at radius 1 is 0.889 bits per heavy atom. The van der Waals surface area contributed by atoms with Crippen molar-refractivity contribution in [3.63, 3.8) is 0 Å². The molecule has 0 aliphatic rings. The lowest BCUT2D eigenvalue weighted by atomic mass is 10.0. The molecule has 5 unspecified atom stereocenters. The summed E-state index contributed by atoms with van der Waals surface area (Å²) in [5, 5.41) is 28.1. The fourth-order valence-electron chi connectivity index (χ4n) is 3.72. The number of aliphatic hydroxyl groups is 1. The molecule has 198 valence electrons. The van der Waals surface area contributed by atoms with E-state index in [1.807, 2.05) is 24.3 Å². The number of benzene rings is 1. The van der Waals surface area contributed by atoms with Gasteiger partial charge in [-0.05, 0) is 30.4 Å². The molecule has 0 saturated heterocycles. The van der Waals surface area contributed by atoms with E-state index in [0.717, 1.165) is 16.5 Å². The predicted molar refractivity (Wildman–Crippen MR) is 135 cm³/mol. The molecule has 3 amide bonds. The number of nitrogens with one attached hydrogen (secondary N) is 4. The largest absolute Gasteiger partial charge is 0.480 e. The number of H-pyrrole nitrogens is 1. The zero-order valence-electron chi connectivity index (χ0n) is 21.2. The van der Waals surface area contributed by atoms with Crippen LogP contribution in [-0.4, -0.2) is 69.2 Å². The first-order chi connectivity index (χ1) is 16.8. The van der Waals surface area contributed by atoms with E-state index in [-0.39, 0.29) is 12.3 Å². The Hall–Kier alpha value is -3.44. The topological polar surface area (TPSA) is 187 Å². The molecule has 2 rings (SSSR count). The summed E-state index contributed by atoms with van der Waals surface area (Å²) in [5.41, 5.74) is 7.42. The Labute approximate surface area is 210 Å². The van der Waals surface area contributed by atoms with Gasteiger partial charge in [0.2, 0.25) is 17.7 Å². The zero-order chi connectivity index (χ0) is 27.2. The van der Waals surface area contributed by atoms with Gasteiger partial charge in [0, 0.05) is 23.5 Å². The highest BCUT2D eigenvalue weighted by atomic mass is 16.4. The fourth-order valence-corrected chi connectivity index (χ4v) is 3.72. The van der Waals surface area contributed by atoms with Gasteiger partial charge in [-0.1, -0.05) is 45.9 Å². The van der Waals surface area contributed by atoms with Crippen molar-refractivity contribution in [3.8, 4) is 0 Å². The van der Waals surface area contributed by atoms with Crippen molar-refractivity contribution >= 4 is 34.6 Å². The van der Waals surface area contributed by atoms with Crippen LogP contribution in [0.5, 0.6) is 0 Å². The number of rotatable bonds is 12. The minimum Gasteiger partial charge on any atom is -0.480 e. The molecule has 0 fully saturated rings. The molecule has 0 bridgehead atoms. The highest BCUT2D eigenvalue weighted by molar-refractivity contribution is 5.95. The van der Waals surface area contributed by atoms with Crippen molar-refractivity contribution in [2.45, 2.75) is 71.3 Å². The first kappa shape index (κ1) is 28.8. The molecule has 0 radical (unpaired) electrons. The molecule has 1 aromatic carbocycles. The van der Waals surface area contributed by atoms with Crippen LogP contribution in [0.2, 0.25) is 0 Å². The Morgan fingerprint density at radius 3 is 2.06 bits per heavy atom. The lowest BCUT2D eigenvalue weighted by Crippen LogP contribution is -2.60. The molecule has 0 aliphatic carbocycles. The standard InChI is InChI=1S/C25H37N5O6/c1-12(2)19(26)23(33)30-21(14(5)31)24(34)28-18(22(32)29-20(13(3)4)25(35)36)10-15-11-27-17-9-7-6-8-16(15)17/h6-9,11-14,18-21,27,31H,10,26H2,1-5H3,(H,28,34)(H,29,32)(H,30,33)(H,35,36). The van der Waals surface area contributed by atoms with Crippen LogP contribution in [0, 0.1) is 11.8 Å². The summed E-state index contributed by atoms with van der Waals surface area (Å²) in [6.07, 6.45) is 0.467. The van der Waals surface area contributed by atoms with Gasteiger partial charge in [-0.15, -0.1) is 0 Å². The summed E-state index contributed by atoms with van der Waals surface area (Å²) in [4.78, 5) is 53.5. The molecule has 36 heavy (non-hydrogen) atoms. The van der Waals surface area contributed by atoms with Crippen LogP contribution >= 0.6 is 0 Å². The van der Waals surface area contributed by atoms with Gasteiger partial charge < -0.3 is 36.9 Å². The number of carboxylic acid groups (broad SMARTS) is 1. The minimum absolute atomic E-state index is 0.0397. The molecule has 8 N–H and O–H groups in total.